The number of aromatic amines is 1. The summed E-state index contributed by atoms with van der Waals surface area (Å²) in [6.07, 6.45) is 1.38. The minimum atomic E-state index is -0.126. The number of rotatable bonds is 8. The van der Waals surface area contributed by atoms with Crippen LogP contribution in [0.5, 0.6) is 17.2 Å². The molecule has 2 heterocycles. The molecule has 2 aromatic carbocycles. The van der Waals surface area contributed by atoms with Crippen LogP contribution in [0.2, 0.25) is 0 Å². The molecule has 0 aliphatic heterocycles. The molecule has 2 aromatic heterocycles. The van der Waals surface area contributed by atoms with Crippen molar-refractivity contribution in [1.82, 2.24) is 9.97 Å². The molecule has 0 radical (unpaired) electrons. The Morgan fingerprint density at radius 1 is 0.943 bits per heavy atom. The van der Waals surface area contributed by atoms with Gasteiger partial charge in [-0.25, -0.2) is 4.98 Å². The lowest BCUT2D eigenvalue weighted by molar-refractivity contribution is 0.356. The predicted molar refractivity (Wildman–Crippen MR) is 147 cm³/mol. The molecule has 0 unspecified atom stereocenters. The zero-order chi connectivity index (χ0) is 23.5. The van der Waals surface area contributed by atoms with Gasteiger partial charge in [-0.15, -0.1) is 24.8 Å². The third kappa shape index (κ3) is 5.57. The second kappa shape index (κ2) is 12.0. The van der Waals surface area contributed by atoms with Crippen molar-refractivity contribution in [2.24, 2.45) is 0 Å². The van der Waals surface area contributed by atoms with Gasteiger partial charge in [0, 0.05) is 35.0 Å². The maximum Gasteiger partial charge on any atom is 0.252 e. The van der Waals surface area contributed by atoms with E-state index in [1.165, 1.54) is 0 Å². The molecule has 0 saturated carbocycles. The van der Waals surface area contributed by atoms with Crippen molar-refractivity contribution in [2.75, 3.05) is 33.2 Å². The number of hydrogen-bond donors (Lipinski definition) is 2. The van der Waals surface area contributed by atoms with E-state index in [2.05, 4.69) is 23.3 Å². The normalized spacial score (nSPS) is 10.4. The minimum absolute atomic E-state index is 0. The van der Waals surface area contributed by atoms with E-state index in [0.717, 1.165) is 57.5 Å². The average molecular weight is 520 g/mol. The van der Waals surface area contributed by atoms with Crippen LogP contribution in [-0.2, 0) is 6.42 Å². The van der Waals surface area contributed by atoms with E-state index >= 15 is 0 Å². The Kier molecular flexibility index (Phi) is 9.63. The molecule has 188 valence electrons. The summed E-state index contributed by atoms with van der Waals surface area (Å²) in [4.78, 5) is 21.0. The highest BCUT2D eigenvalue weighted by atomic mass is 35.5. The van der Waals surface area contributed by atoms with Crippen LogP contribution in [0.15, 0.2) is 41.2 Å². The number of nitrogens with one attached hydrogen (secondary N) is 2. The lowest BCUT2D eigenvalue weighted by atomic mass is 9.97. The lowest BCUT2D eigenvalue weighted by Gasteiger charge is -2.16. The van der Waals surface area contributed by atoms with Gasteiger partial charge in [-0.2, -0.15) is 0 Å². The van der Waals surface area contributed by atoms with E-state index in [0.29, 0.717) is 23.5 Å². The number of methoxy groups -OCH3 is 3. The van der Waals surface area contributed by atoms with Crippen LogP contribution in [0, 0.1) is 6.92 Å². The third-order valence-corrected chi connectivity index (χ3v) is 5.84. The molecule has 4 rings (SSSR count). The lowest BCUT2D eigenvalue weighted by Crippen LogP contribution is -2.16. The summed E-state index contributed by atoms with van der Waals surface area (Å²) in [7, 11) is 4.84. The number of aromatic nitrogens is 2. The van der Waals surface area contributed by atoms with Gasteiger partial charge >= 0.3 is 0 Å². The number of H-pyrrole nitrogens is 1. The molecule has 0 spiro atoms. The summed E-state index contributed by atoms with van der Waals surface area (Å²) >= 11 is 0. The van der Waals surface area contributed by atoms with Crippen LogP contribution in [0.25, 0.3) is 21.7 Å². The Bertz CT molecular complexity index is 1390. The van der Waals surface area contributed by atoms with Gasteiger partial charge in [-0.1, -0.05) is 6.92 Å². The molecule has 0 atom stereocenters. The molecule has 0 bridgehead atoms. The molecular formula is C26H31Cl2N3O4. The van der Waals surface area contributed by atoms with Gasteiger partial charge in [0.2, 0.25) is 0 Å². The number of fused-ring (bicyclic) bond motifs is 2. The summed E-state index contributed by atoms with van der Waals surface area (Å²) in [6, 6.07) is 11.7. The fourth-order valence-corrected chi connectivity index (χ4v) is 4.10. The van der Waals surface area contributed by atoms with E-state index in [1.54, 1.807) is 21.3 Å². The summed E-state index contributed by atoms with van der Waals surface area (Å²) in [5.74, 6) is 2.75. The van der Waals surface area contributed by atoms with Gasteiger partial charge in [0.25, 0.3) is 5.56 Å². The second-order valence-electron chi connectivity index (χ2n) is 7.97. The van der Waals surface area contributed by atoms with Gasteiger partial charge < -0.3 is 24.5 Å². The van der Waals surface area contributed by atoms with Crippen LogP contribution in [0.4, 0.5) is 5.82 Å². The van der Waals surface area contributed by atoms with Crippen molar-refractivity contribution in [1.29, 1.82) is 0 Å². The van der Waals surface area contributed by atoms with Crippen molar-refractivity contribution in [3.05, 3.63) is 63.6 Å². The fraction of sp³-hybridized carbons (Fsp3) is 0.308. The number of benzene rings is 2. The van der Waals surface area contributed by atoms with E-state index < -0.39 is 0 Å². The van der Waals surface area contributed by atoms with Crippen LogP contribution in [0.1, 0.15) is 30.2 Å². The van der Waals surface area contributed by atoms with Gasteiger partial charge in [-0.05, 0) is 60.7 Å². The molecule has 35 heavy (non-hydrogen) atoms. The first-order valence-electron chi connectivity index (χ1n) is 11.0. The summed E-state index contributed by atoms with van der Waals surface area (Å²) in [5.41, 5.74) is 3.12. The Hall–Kier alpha value is -3.16. The highest BCUT2D eigenvalue weighted by Gasteiger charge is 2.17. The topological polar surface area (TPSA) is 85.5 Å². The molecule has 2 N–H and O–H groups in total. The predicted octanol–water partition coefficient (Wildman–Crippen LogP) is 5.67. The molecule has 0 fully saturated rings. The van der Waals surface area contributed by atoms with Gasteiger partial charge in [0.1, 0.15) is 11.6 Å². The average Bonchev–Trinajstić information content (AvgIpc) is 2.83. The third-order valence-electron chi connectivity index (χ3n) is 5.84. The second-order valence-corrected chi connectivity index (χ2v) is 7.97. The largest absolute Gasteiger partial charge is 0.497 e. The minimum Gasteiger partial charge on any atom is -0.497 e. The monoisotopic (exact) mass is 519 g/mol. The molecular weight excluding hydrogens is 489 g/mol. The number of aryl methyl sites for hydroxylation is 1. The van der Waals surface area contributed by atoms with Crippen LogP contribution >= 0.6 is 24.8 Å². The van der Waals surface area contributed by atoms with Crippen LogP contribution in [-0.4, -0.2) is 37.8 Å². The smallest absolute Gasteiger partial charge is 0.252 e. The maximum atomic E-state index is 13.1. The fourth-order valence-electron chi connectivity index (χ4n) is 4.10. The van der Waals surface area contributed by atoms with Crippen molar-refractivity contribution >= 4 is 52.3 Å². The number of pyridine rings is 2. The Morgan fingerprint density at radius 3 is 2.26 bits per heavy atom. The Balaban J connectivity index is 0.00000216. The Morgan fingerprint density at radius 2 is 1.63 bits per heavy atom. The maximum absolute atomic E-state index is 13.1. The van der Waals surface area contributed by atoms with E-state index in [4.69, 9.17) is 19.2 Å². The number of anilines is 1. The molecule has 0 saturated heterocycles. The summed E-state index contributed by atoms with van der Waals surface area (Å²) < 4.78 is 16.4. The van der Waals surface area contributed by atoms with Crippen molar-refractivity contribution < 1.29 is 14.2 Å². The number of nitrogens with zero attached hydrogens (tertiary/aromatic N) is 1. The zero-order valence-corrected chi connectivity index (χ0v) is 22.1. The standard InChI is InChI=1S/C26H29N3O4.2ClH/c1-6-9-27-25-17(10-16-11-18(31-3)7-8-22(16)29-25)12-21-20-14-24(33-5)23(32-4)13-19(20)15(2)28-26(21)30;;/h7-8,10-11,13-14H,6,9,12H2,1-5H3,(H,27,29)(H,28,30);2*1H. The highest BCUT2D eigenvalue weighted by Crippen LogP contribution is 2.35. The molecule has 0 aliphatic carbocycles. The quantitative estimate of drug-likeness (QED) is 0.312. The highest BCUT2D eigenvalue weighted by molar-refractivity contribution is 5.91. The molecule has 9 heteroatoms. The SMILES string of the molecule is CCCNc1nc2ccc(OC)cc2cc1Cc1c(=O)[nH]c(C)c2cc(OC)c(OC)cc12.Cl.Cl. The number of halogens is 2. The van der Waals surface area contributed by atoms with E-state index in [1.807, 2.05) is 37.3 Å². The number of hydrogen-bond acceptors (Lipinski definition) is 6. The van der Waals surface area contributed by atoms with Crippen molar-refractivity contribution in [3.8, 4) is 17.2 Å². The first-order valence-corrected chi connectivity index (χ1v) is 11.0. The van der Waals surface area contributed by atoms with Gasteiger partial charge in [-0.3, -0.25) is 4.79 Å². The molecule has 7 nitrogen and oxygen atoms in total. The van der Waals surface area contributed by atoms with Crippen molar-refractivity contribution in [2.45, 2.75) is 26.7 Å². The van der Waals surface area contributed by atoms with Crippen molar-refractivity contribution in [3.63, 3.8) is 0 Å². The first-order chi connectivity index (χ1) is 16.0. The summed E-state index contributed by atoms with van der Waals surface area (Å²) in [6.45, 7) is 4.78. The summed E-state index contributed by atoms with van der Waals surface area (Å²) in [5, 5.41) is 6.13. The van der Waals surface area contributed by atoms with Gasteiger partial charge in [0.05, 0.1) is 26.8 Å². The van der Waals surface area contributed by atoms with Crippen LogP contribution in [0.3, 0.4) is 0 Å². The molecule has 4 aromatic rings. The zero-order valence-electron chi connectivity index (χ0n) is 20.5. The Labute approximate surface area is 217 Å². The first kappa shape index (κ1) is 28.1. The van der Waals surface area contributed by atoms with Gasteiger partial charge in [0.15, 0.2) is 11.5 Å². The van der Waals surface area contributed by atoms with E-state index in [9.17, 15) is 4.79 Å². The molecule has 0 aliphatic rings. The van der Waals surface area contributed by atoms with Crippen LogP contribution < -0.4 is 25.1 Å². The number of ether oxygens (including phenoxy) is 3. The molecule has 0 amide bonds. The van der Waals surface area contributed by atoms with E-state index in [-0.39, 0.29) is 30.4 Å².